The number of para-hydroxylation sites is 1. The fraction of sp³-hybridized carbons (Fsp3) is 0.227. The Hall–Kier alpha value is -3.66. The van der Waals surface area contributed by atoms with Crippen molar-refractivity contribution in [1.82, 2.24) is 9.97 Å². The largest absolute Gasteiger partial charge is 0.388 e. The Morgan fingerprint density at radius 2 is 1.81 bits per heavy atom. The molecule has 0 aliphatic heterocycles. The highest BCUT2D eigenvalue weighted by Gasteiger charge is 2.25. The van der Waals surface area contributed by atoms with Crippen LogP contribution in [-0.4, -0.2) is 32.7 Å². The molecule has 0 unspecified atom stereocenters. The summed E-state index contributed by atoms with van der Waals surface area (Å²) in [6.45, 7) is 4.97. The van der Waals surface area contributed by atoms with Crippen molar-refractivity contribution in [3.63, 3.8) is 0 Å². The second kappa shape index (κ2) is 9.23. The van der Waals surface area contributed by atoms with Crippen LogP contribution in [0, 0.1) is 17.5 Å². The number of amides is 2. The van der Waals surface area contributed by atoms with Crippen LogP contribution in [-0.2, 0) is 0 Å². The number of urea groups is 1. The molecule has 3 rings (SSSR count). The molecule has 0 saturated carbocycles. The van der Waals surface area contributed by atoms with Gasteiger partial charge < -0.3 is 15.7 Å². The average molecular weight is 445 g/mol. The van der Waals surface area contributed by atoms with E-state index >= 15 is 0 Å². The lowest BCUT2D eigenvalue weighted by molar-refractivity contribution is 0.0646. The predicted molar refractivity (Wildman–Crippen MR) is 115 cm³/mol. The third-order valence-electron chi connectivity index (χ3n) is 4.73. The van der Waals surface area contributed by atoms with Gasteiger partial charge in [0.15, 0.2) is 11.6 Å². The van der Waals surface area contributed by atoms with E-state index in [0.717, 1.165) is 4.90 Å². The number of benzene rings is 2. The summed E-state index contributed by atoms with van der Waals surface area (Å²) in [7, 11) is 0. The molecule has 1 atom stereocenters. The zero-order valence-electron chi connectivity index (χ0n) is 17.6. The molecule has 3 N–H and O–H groups in total. The van der Waals surface area contributed by atoms with E-state index in [1.54, 1.807) is 51.1 Å². The summed E-state index contributed by atoms with van der Waals surface area (Å²) >= 11 is 0. The Bertz CT molecular complexity index is 1110. The first-order chi connectivity index (χ1) is 15.1. The van der Waals surface area contributed by atoms with Crippen LogP contribution in [0.1, 0.15) is 20.8 Å². The first kappa shape index (κ1) is 23.0. The SMILES string of the molecule is C[C@H](Nc1nccc(N(C(=O)Nc2cc(F)cc(F)c2F)c2ccccc2)n1)C(C)(C)O. The quantitative estimate of drug-likeness (QED) is 0.473. The van der Waals surface area contributed by atoms with Crippen LogP contribution in [0.4, 0.5) is 41.1 Å². The zero-order valence-corrected chi connectivity index (χ0v) is 17.6. The minimum absolute atomic E-state index is 0.103. The van der Waals surface area contributed by atoms with Crippen LogP contribution >= 0.6 is 0 Å². The molecular weight excluding hydrogens is 423 g/mol. The summed E-state index contributed by atoms with van der Waals surface area (Å²) in [5, 5.41) is 15.3. The van der Waals surface area contributed by atoms with Gasteiger partial charge in [0.05, 0.1) is 23.0 Å². The van der Waals surface area contributed by atoms with Crippen molar-refractivity contribution in [2.24, 2.45) is 0 Å². The molecule has 0 bridgehead atoms. The van der Waals surface area contributed by atoms with Gasteiger partial charge in [-0.05, 0) is 32.9 Å². The number of halogens is 3. The molecule has 1 aromatic heterocycles. The number of rotatable bonds is 6. The number of carbonyl (C=O) groups excluding carboxylic acids is 1. The molecule has 0 radical (unpaired) electrons. The van der Waals surface area contributed by atoms with Crippen molar-refractivity contribution >= 4 is 29.2 Å². The zero-order chi connectivity index (χ0) is 23.5. The number of nitrogens with one attached hydrogen (secondary N) is 2. The summed E-state index contributed by atoms with van der Waals surface area (Å²) in [4.78, 5) is 22.6. The van der Waals surface area contributed by atoms with Crippen LogP contribution in [0.15, 0.2) is 54.7 Å². The molecule has 7 nitrogen and oxygen atoms in total. The fourth-order valence-electron chi connectivity index (χ4n) is 2.66. The smallest absolute Gasteiger partial charge is 0.332 e. The van der Waals surface area contributed by atoms with E-state index in [2.05, 4.69) is 20.6 Å². The van der Waals surface area contributed by atoms with Gasteiger partial charge in [0, 0.05) is 24.4 Å². The summed E-state index contributed by atoms with van der Waals surface area (Å²) in [5.41, 5.74) is -1.37. The maximum atomic E-state index is 14.1. The predicted octanol–water partition coefficient (Wildman–Crippen LogP) is 4.84. The molecule has 3 aromatic rings. The Kier molecular flexibility index (Phi) is 6.64. The van der Waals surface area contributed by atoms with Gasteiger partial charge in [0.25, 0.3) is 0 Å². The van der Waals surface area contributed by atoms with E-state index in [1.807, 2.05) is 0 Å². The normalized spacial score (nSPS) is 12.2. The standard InChI is InChI=1S/C22H22F3N5O2/c1-13(22(2,3)32)27-20-26-10-9-18(29-20)30(15-7-5-4-6-8-15)21(31)28-17-12-14(23)11-16(24)19(17)25/h4-13,32H,1-3H3,(H,28,31)(H,26,27,29)/t13-/m0/s1. The van der Waals surface area contributed by atoms with Gasteiger partial charge in [-0.2, -0.15) is 4.98 Å². The van der Waals surface area contributed by atoms with Crippen molar-refractivity contribution < 1.29 is 23.1 Å². The lowest BCUT2D eigenvalue weighted by Gasteiger charge is -2.27. The molecule has 0 aliphatic rings. The van der Waals surface area contributed by atoms with E-state index in [0.29, 0.717) is 17.8 Å². The third kappa shape index (κ3) is 5.33. The molecule has 10 heteroatoms. The van der Waals surface area contributed by atoms with Crippen LogP contribution in [0.25, 0.3) is 0 Å². The lowest BCUT2D eigenvalue weighted by Crippen LogP contribution is -2.40. The molecule has 0 saturated heterocycles. The Labute approximate surface area is 182 Å². The van der Waals surface area contributed by atoms with Crippen LogP contribution in [0.2, 0.25) is 0 Å². The molecule has 2 aromatic carbocycles. The highest BCUT2D eigenvalue weighted by Crippen LogP contribution is 2.27. The Morgan fingerprint density at radius 1 is 1.12 bits per heavy atom. The number of aromatic nitrogens is 2. The maximum Gasteiger partial charge on any atom is 0.332 e. The summed E-state index contributed by atoms with van der Waals surface area (Å²) < 4.78 is 41.2. The van der Waals surface area contributed by atoms with Gasteiger partial charge in [0.1, 0.15) is 11.6 Å². The van der Waals surface area contributed by atoms with E-state index in [4.69, 9.17) is 0 Å². The van der Waals surface area contributed by atoms with Gasteiger partial charge in [-0.25, -0.2) is 27.8 Å². The minimum atomic E-state index is -1.43. The maximum absolute atomic E-state index is 14.1. The number of nitrogens with zero attached hydrogens (tertiary/aromatic N) is 3. The molecule has 1 heterocycles. The van der Waals surface area contributed by atoms with Gasteiger partial charge in [-0.3, -0.25) is 0 Å². The van der Waals surface area contributed by atoms with Gasteiger partial charge in [0.2, 0.25) is 5.95 Å². The Morgan fingerprint density at radius 3 is 2.47 bits per heavy atom. The minimum Gasteiger partial charge on any atom is -0.388 e. The van der Waals surface area contributed by atoms with Crippen molar-refractivity contribution in [2.75, 3.05) is 15.5 Å². The van der Waals surface area contributed by atoms with E-state index in [9.17, 15) is 23.1 Å². The molecule has 0 aliphatic carbocycles. The number of hydrogen-bond donors (Lipinski definition) is 3. The van der Waals surface area contributed by atoms with Gasteiger partial charge in [-0.1, -0.05) is 18.2 Å². The molecular formula is C22H22F3N5O2. The second-order valence-corrected chi connectivity index (χ2v) is 7.61. The molecule has 0 fully saturated rings. The van der Waals surface area contributed by atoms with Crippen molar-refractivity contribution in [3.8, 4) is 0 Å². The van der Waals surface area contributed by atoms with Crippen LogP contribution in [0.3, 0.4) is 0 Å². The van der Waals surface area contributed by atoms with Crippen LogP contribution in [0.5, 0.6) is 0 Å². The van der Waals surface area contributed by atoms with Gasteiger partial charge >= 0.3 is 6.03 Å². The van der Waals surface area contributed by atoms with Crippen molar-refractivity contribution in [3.05, 3.63) is 72.2 Å². The van der Waals surface area contributed by atoms with Crippen LogP contribution < -0.4 is 15.5 Å². The highest BCUT2D eigenvalue weighted by molar-refractivity contribution is 6.06. The lowest BCUT2D eigenvalue weighted by atomic mass is 10.0. The van der Waals surface area contributed by atoms with Crippen molar-refractivity contribution in [2.45, 2.75) is 32.4 Å². The van der Waals surface area contributed by atoms with Gasteiger partial charge in [-0.15, -0.1) is 0 Å². The summed E-state index contributed by atoms with van der Waals surface area (Å²) in [6.07, 6.45) is 1.40. The van der Waals surface area contributed by atoms with E-state index in [1.165, 1.54) is 12.3 Å². The first-order valence-electron chi connectivity index (χ1n) is 9.69. The average Bonchev–Trinajstić information content (AvgIpc) is 2.72. The second-order valence-electron chi connectivity index (χ2n) is 7.61. The molecule has 0 spiro atoms. The number of hydrogen-bond acceptors (Lipinski definition) is 5. The monoisotopic (exact) mass is 445 g/mol. The number of anilines is 4. The van der Waals surface area contributed by atoms with E-state index in [-0.39, 0.29) is 11.8 Å². The first-order valence-corrected chi connectivity index (χ1v) is 9.69. The fourth-order valence-corrected chi connectivity index (χ4v) is 2.66. The number of carbonyl (C=O) groups is 1. The molecule has 2 amide bonds. The molecule has 32 heavy (non-hydrogen) atoms. The Balaban J connectivity index is 1.98. The van der Waals surface area contributed by atoms with E-state index < -0.39 is 40.8 Å². The summed E-state index contributed by atoms with van der Waals surface area (Å²) in [6, 6.07) is 9.47. The third-order valence-corrected chi connectivity index (χ3v) is 4.73. The number of aliphatic hydroxyl groups is 1. The molecule has 168 valence electrons. The topological polar surface area (TPSA) is 90.4 Å². The summed E-state index contributed by atoms with van der Waals surface area (Å²) in [5.74, 6) is -3.63. The highest BCUT2D eigenvalue weighted by atomic mass is 19.2. The van der Waals surface area contributed by atoms with Crippen molar-refractivity contribution in [1.29, 1.82) is 0 Å².